The highest BCUT2D eigenvalue weighted by molar-refractivity contribution is 5.87. The van der Waals surface area contributed by atoms with E-state index < -0.39 is 0 Å². The molecule has 6 nitrogen and oxygen atoms in total. The number of nitrogens with zero attached hydrogens (tertiary/aromatic N) is 2. The third kappa shape index (κ3) is 4.86. The van der Waals surface area contributed by atoms with E-state index in [1.54, 1.807) is 11.8 Å². The number of nitrogens with one attached hydrogen (secondary N) is 1. The molecule has 1 aromatic rings. The van der Waals surface area contributed by atoms with Crippen LogP contribution in [0.25, 0.3) is 0 Å². The molecule has 164 valence electrons. The first-order chi connectivity index (χ1) is 14.4. The van der Waals surface area contributed by atoms with Crippen molar-refractivity contribution in [3.05, 3.63) is 35.4 Å². The molecule has 1 aliphatic heterocycles. The Morgan fingerprint density at radius 3 is 2.43 bits per heavy atom. The molecule has 1 aromatic carbocycles. The van der Waals surface area contributed by atoms with Gasteiger partial charge in [-0.2, -0.15) is 0 Å². The first-order valence-corrected chi connectivity index (χ1v) is 11.6. The van der Waals surface area contributed by atoms with Crippen LogP contribution >= 0.6 is 0 Å². The van der Waals surface area contributed by atoms with Crippen LogP contribution in [0.15, 0.2) is 24.3 Å². The second-order valence-corrected chi connectivity index (χ2v) is 9.53. The predicted molar refractivity (Wildman–Crippen MR) is 118 cm³/mol. The Bertz CT molecular complexity index is 770. The molecular formula is C24H36N4O2. The average molecular weight is 413 g/mol. The number of amides is 2. The molecule has 0 radical (unpaired) electrons. The molecule has 30 heavy (non-hydrogen) atoms. The minimum absolute atomic E-state index is 0.00467. The van der Waals surface area contributed by atoms with Gasteiger partial charge in [0.25, 0.3) is 0 Å². The van der Waals surface area contributed by atoms with E-state index in [0.29, 0.717) is 12.6 Å². The average Bonchev–Trinajstić information content (AvgIpc) is 3.46. The zero-order valence-corrected chi connectivity index (χ0v) is 18.3. The number of carbonyl (C=O) groups excluding carboxylic acids is 2. The number of hydrogen-bond donors (Lipinski definition) is 2. The van der Waals surface area contributed by atoms with Gasteiger partial charge in [-0.1, -0.05) is 24.3 Å². The maximum absolute atomic E-state index is 13.1. The summed E-state index contributed by atoms with van der Waals surface area (Å²) in [6.07, 6.45) is 6.93. The van der Waals surface area contributed by atoms with Crippen LogP contribution in [0.3, 0.4) is 0 Å². The van der Waals surface area contributed by atoms with Gasteiger partial charge in [0, 0.05) is 44.2 Å². The molecule has 6 heteroatoms. The lowest BCUT2D eigenvalue weighted by Crippen LogP contribution is -2.49. The quantitative estimate of drug-likeness (QED) is 0.752. The fourth-order valence-corrected chi connectivity index (χ4v) is 5.16. The molecule has 2 atom stereocenters. The van der Waals surface area contributed by atoms with Crippen molar-refractivity contribution in [2.24, 2.45) is 5.73 Å². The monoisotopic (exact) mass is 412 g/mol. The predicted octanol–water partition coefficient (Wildman–Crippen LogP) is 2.33. The molecule has 1 heterocycles. The van der Waals surface area contributed by atoms with Crippen molar-refractivity contribution in [3.63, 3.8) is 0 Å². The summed E-state index contributed by atoms with van der Waals surface area (Å²) in [6.45, 7) is 5.28. The molecule has 4 rings (SSSR count). The van der Waals surface area contributed by atoms with Crippen LogP contribution in [0.4, 0.5) is 0 Å². The van der Waals surface area contributed by atoms with Crippen LogP contribution in [0, 0.1) is 6.92 Å². The fraction of sp³-hybridized carbons (Fsp3) is 0.667. The molecule has 3 fully saturated rings. The fourth-order valence-electron chi connectivity index (χ4n) is 5.16. The largest absolute Gasteiger partial charge is 0.352 e. The molecule has 0 bridgehead atoms. The first-order valence-electron chi connectivity index (χ1n) is 11.6. The van der Waals surface area contributed by atoms with E-state index in [1.165, 1.54) is 24.0 Å². The Morgan fingerprint density at radius 2 is 1.80 bits per heavy atom. The molecule has 0 aromatic heterocycles. The van der Waals surface area contributed by atoms with Crippen LogP contribution < -0.4 is 11.1 Å². The van der Waals surface area contributed by atoms with Crippen molar-refractivity contribution in [1.29, 1.82) is 0 Å². The highest BCUT2D eigenvalue weighted by Crippen LogP contribution is 2.35. The summed E-state index contributed by atoms with van der Waals surface area (Å²) in [4.78, 5) is 29.8. The third-order valence-electron chi connectivity index (χ3n) is 7.20. The van der Waals surface area contributed by atoms with Gasteiger partial charge in [-0.15, -0.1) is 0 Å². The first kappa shape index (κ1) is 21.3. The van der Waals surface area contributed by atoms with E-state index in [-0.39, 0.29) is 36.0 Å². The van der Waals surface area contributed by atoms with Crippen LogP contribution in [0.1, 0.15) is 63.0 Å². The SMILES string of the molecule is CC(=O)N1CC(N(Cc2ccccc2C)C2CC2)CC1C(=O)NC1CCC(N)CC1. The Hall–Kier alpha value is -1.92. The van der Waals surface area contributed by atoms with Gasteiger partial charge in [0.1, 0.15) is 6.04 Å². The van der Waals surface area contributed by atoms with Gasteiger partial charge in [0.15, 0.2) is 0 Å². The lowest BCUT2D eigenvalue weighted by atomic mass is 9.91. The Labute approximate surface area is 180 Å². The van der Waals surface area contributed by atoms with Gasteiger partial charge in [-0.3, -0.25) is 14.5 Å². The normalized spacial score (nSPS) is 29.3. The minimum Gasteiger partial charge on any atom is -0.352 e. The summed E-state index contributed by atoms with van der Waals surface area (Å²) >= 11 is 0. The van der Waals surface area contributed by atoms with Gasteiger partial charge in [-0.05, 0) is 63.0 Å². The standard InChI is InChI=1S/C24H36N4O2/c1-16-5-3-4-6-18(16)14-28(21-11-12-21)22-13-23(27(15-22)17(2)29)24(30)26-20-9-7-19(25)8-10-20/h3-6,19-23H,7-15,25H2,1-2H3,(H,26,30). The zero-order chi connectivity index (χ0) is 21.3. The van der Waals surface area contributed by atoms with Crippen molar-refractivity contribution >= 4 is 11.8 Å². The van der Waals surface area contributed by atoms with Crippen molar-refractivity contribution in [2.75, 3.05) is 6.54 Å². The van der Waals surface area contributed by atoms with E-state index in [4.69, 9.17) is 5.73 Å². The van der Waals surface area contributed by atoms with Crippen molar-refractivity contribution in [2.45, 2.75) is 95.5 Å². The Balaban J connectivity index is 1.44. The van der Waals surface area contributed by atoms with E-state index in [2.05, 4.69) is 41.4 Å². The molecular weight excluding hydrogens is 376 g/mol. The minimum atomic E-state index is -0.360. The molecule has 1 saturated heterocycles. The van der Waals surface area contributed by atoms with E-state index in [9.17, 15) is 9.59 Å². The molecule has 3 N–H and O–H groups in total. The number of nitrogens with two attached hydrogens (primary N) is 1. The Morgan fingerprint density at radius 1 is 1.10 bits per heavy atom. The van der Waals surface area contributed by atoms with Crippen LogP contribution in [-0.2, 0) is 16.1 Å². The number of benzene rings is 1. The summed E-state index contributed by atoms with van der Waals surface area (Å²) in [5, 5.41) is 3.22. The number of rotatable bonds is 6. The van der Waals surface area contributed by atoms with Gasteiger partial charge >= 0.3 is 0 Å². The smallest absolute Gasteiger partial charge is 0.243 e. The number of likely N-dealkylation sites (tertiary alicyclic amines) is 1. The highest BCUT2D eigenvalue weighted by Gasteiger charge is 2.44. The second kappa shape index (κ2) is 9.06. The van der Waals surface area contributed by atoms with E-state index in [0.717, 1.165) is 38.6 Å². The van der Waals surface area contributed by atoms with Gasteiger partial charge in [-0.25, -0.2) is 0 Å². The molecule has 2 amide bonds. The molecule has 3 aliphatic rings. The maximum atomic E-state index is 13.1. The summed E-state index contributed by atoms with van der Waals surface area (Å²) in [6, 6.07) is 9.42. The molecule has 2 unspecified atom stereocenters. The maximum Gasteiger partial charge on any atom is 0.243 e. The van der Waals surface area contributed by atoms with E-state index in [1.807, 2.05) is 0 Å². The summed E-state index contributed by atoms with van der Waals surface area (Å²) in [7, 11) is 0. The lowest BCUT2D eigenvalue weighted by molar-refractivity contribution is -0.137. The highest BCUT2D eigenvalue weighted by atomic mass is 16.2. The third-order valence-corrected chi connectivity index (χ3v) is 7.20. The second-order valence-electron chi connectivity index (χ2n) is 9.53. The number of aryl methyl sites for hydroxylation is 1. The number of carbonyl (C=O) groups is 2. The van der Waals surface area contributed by atoms with Crippen molar-refractivity contribution in [3.8, 4) is 0 Å². The topological polar surface area (TPSA) is 78.7 Å². The molecule has 0 spiro atoms. The molecule has 2 saturated carbocycles. The lowest BCUT2D eigenvalue weighted by Gasteiger charge is -2.29. The van der Waals surface area contributed by atoms with Crippen molar-refractivity contribution in [1.82, 2.24) is 15.1 Å². The van der Waals surface area contributed by atoms with Crippen molar-refractivity contribution < 1.29 is 9.59 Å². The van der Waals surface area contributed by atoms with Gasteiger partial charge in [0.05, 0.1) is 0 Å². The number of hydrogen-bond acceptors (Lipinski definition) is 4. The van der Waals surface area contributed by atoms with Crippen LogP contribution in [0.5, 0.6) is 0 Å². The summed E-state index contributed by atoms with van der Waals surface area (Å²) in [5.41, 5.74) is 8.64. The van der Waals surface area contributed by atoms with Gasteiger partial charge < -0.3 is 16.0 Å². The zero-order valence-electron chi connectivity index (χ0n) is 18.3. The van der Waals surface area contributed by atoms with Crippen LogP contribution in [-0.4, -0.2) is 58.4 Å². The van der Waals surface area contributed by atoms with Crippen LogP contribution in [0.2, 0.25) is 0 Å². The molecule has 2 aliphatic carbocycles. The van der Waals surface area contributed by atoms with E-state index >= 15 is 0 Å². The summed E-state index contributed by atoms with van der Waals surface area (Å²) in [5.74, 6) is 0.00904. The Kier molecular flexibility index (Phi) is 6.44. The summed E-state index contributed by atoms with van der Waals surface area (Å²) < 4.78 is 0. The van der Waals surface area contributed by atoms with Gasteiger partial charge in [0.2, 0.25) is 11.8 Å².